The summed E-state index contributed by atoms with van der Waals surface area (Å²) < 4.78 is 2.24. The number of thiophene rings is 2. The monoisotopic (exact) mass is 461 g/mol. The van der Waals surface area contributed by atoms with E-state index < -0.39 is 0 Å². The first-order valence-corrected chi connectivity index (χ1v) is 12.7. The van der Waals surface area contributed by atoms with Crippen LogP contribution in [0.5, 0.6) is 0 Å². The van der Waals surface area contributed by atoms with Crippen LogP contribution in [0.3, 0.4) is 0 Å². The van der Waals surface area contributed by atoms with Gasteiger partial charge in [0.15, 0.2) is 5.16 Å². The Labute approximate surface area is 187 Å². The summed E-state index contributed by atoms with van der Waals surface area (Å²) >= 11 is 4.41. The molecule has 2 amide bonds. The van der Waals surface area contributed by atoms with Crippen LogP contribution in [-0.4, -0.2) is 32.3 Å². The molecule has 0 radical (unpaired) electrons. The maximum atomic E-state index is 12.2. The fourth-order valence-electron chi connectivity index (χ4n) is 3.56. The summed E-state index contributed by atoms with van der Waals surface area (Å²) in [7, 11) is 0. The molecule has 1 aliphatic carbocycles. The van der Waals surface area contributed by atoms with E-state index in [2.05, 4.69) is 37.1 Å². The molecule has 1 saturated carbocycles. The Kier molecular flexibility index (Phi) is 7.19. The molecule has 0 atom stereocenters. The van der Waals surface area contributed by atoms with Gasteiger partial charge >= 0.3 is 0 Å². The first kappa shape index (κ1) is 21.1. The molecule has 0 bridgehead atoms. The lowest BCUT2D eigenvalue weighted by molar-refractivity contribution is -0.119. The maximum Gasteiger partial charge on any atom is 0.279 e. The van der Waals surface area contributed by atoms with E-state index in [4.69, 9.17) is 0 Å². The smallest absolute Gasteiger partial charge is 0.279 e. The molecule has 30 heavy (non-hydrogen) atoms. The van der Waals surface area contributed by atoms with Crippen LogP contribution in [0.2, 0.25) is 0 Å². The van der Waals surface area contributed by atoms with Crippen LogP contribution in [0.4, 0.5) is 0 Å². The molecule has 10 heteroatoms. The number of nitrogens with one attached hydrogen (secondary N) is 2. The summed E-state index contributed by atoms with van der Waals surface area (Å²) in [5, 5.41) is 13.5. The second-order valence-corrected chi connectivity index (χ2v) is 10.0. The molecule has 0 aromatic carbocycles. The lowest BCUT2D eigenvalue weighted by Gasteiger charge is -2.25. The van der Waals surface area contributed by atoms with Crippen molar-refractivity contribution in [3.05, 3.63) is 50.6 Å². The van der Waals surface area contributed by atoms with Crippen molar-refractivity contribution in [2.75, 3.05) is 5.75 Å². The van der Waals surface area contributed by atoms with Gasteiger partial charge < -0.3 is 4.57 Å². The number of hydrazine groups is 1. The van der Waals surface area contributed by atoms with Crippen LogP contribution < -0.4 is 10.9 Å². The predicted molar refractivity (Wildman–Crippen MR) is 120 cm³/mol. The summed E-state index contributed by atoms with van der Waals surface area (Å²) in [5.74, 6) is 0.530. The van der Waals surface area contributed by atoms with E-state index >= 15 is 0 Å². The van der Waals surface area contributed by atoms with E-state index in [1.807, 2.05) is 11.4 Å². The largest absolute Gasteiger partial charge is 0.303 e. The molecule has 2 N–H and O–H groups in total. The number of carbonyl (C=O) groups excluding carboxylic acids is 2. The molecule has 4 rings (SSSR count). The number of hydrogen-bond acceptors (Lipinski definition) is 7. The zero-order chi connectivity index (χ0) is 20.8. The highest BCUT2D eigenvalue weighted by Gasteiger charge is 2.24. The molecule has 7 nitrogen and oxygen atoms in total. The summed E-state index contributed by atoms with van der Waals surface area (Å²) in [6.45, 7) is 0. The van der Waals surface area contributed by atoms with E-state index in [-0.39, 0.29) is 17.6 Å². The van der Waals surface area contributed by atoms with Gasteiger partial charge in [-0.05, 0) is 35.7 Å². The van der Waals surface area contributed by atoms with Gasteiger partial charge in [0.25, 0.3) is 5.91 Å². The summed E-state index contributed by atoms with van der Waals surface area (Å²) in [6, 6.07) is 8.05. The van der Waals surface area contributed by atoms with Crippen molar-refractivity contribution in [1.29, 1.82) is 0 Å². The van der Waals surface area contributed by atoms with Crippen molar-refractivity contribution >= 4 is 46.2 Å². The average Bonchev–Trinajstić information content (AvgIpc) is 3.53. The van der Waals surface area contributed by atoms with Gasteiger partial charge in [-0.1, -0.05) is 43.2 Å². The zero-order valence-electron chi connectivity index (χ0n) is 16.4. The van der Waals surface area contributed by atoms with Gasteiger partial charge in [0.05, 0.1) is 10.6 Å². The number of hydrogen-bond donors (Lipinski definition) is 2. The Bertz CT molecular complexity index is 963. The topological polar surface area (TPSA) is 88.9 Å². The Morgan fingerprint density at radius 2 is 1.87 bits per heavy atom. The SMILES string of the molecule is O=C(CSc1nnc(Cc2cccs2)n1C1CCCCC1)NNC(=O)c1cccs1. The van der Waals surface area contributed by atoms with Gasteiger partial charge in [-0.25, -0.2) is 0 Å². The molecule has 0 saturated heterocycles. The second-order valence-electron chi connectivity index (χ2n) is 7.09. The second kappa shape index (κ2) is 10.2. The normalized spacial score (nSPS) is 14.5. The maximum absolute atomic E-state index is 12.2. The predicted octanol–water partition coefficient (Wildman–Crippen LogP) is 4.05. The molecule has 1 aliphatic rings. The average molecular weight is 462 g/mol. The van der Waals surface area contributed by atoms with Crippen molar-refractivity contribution in [1.82, 2.24) is 25.6 Å². The number of nitrogens with zero attached hydrogens (tertiary/aromatic N) is 3. The number of rotatable bonds is 7. The molecule has 0 unspecified atom stereocenters. The fraction of sp³-hybridized carbons (Fsp3) is 0.400. The fourth-order valence-corrected chi connectivity index (χ4v) is 5.71. The minimum absolute atomic E-state index is 0.161. The highest BCUT2D eigenvalue weighted by molar-refractivity contribution is 7.99. The number of aromatic nitrogens is 3. The Balaban J connectivity index is 1.39. The van der Waals surface area contributed by atoms with E-state index in [0.717, 1.165) is 30.2 Å². The molecule has 3 heterocycles. The van der Waals surface area contributed by atoms with Gasteiger partial charge in [0.2, 0.25) is 5.91 Å². The van der Waals surface area contributed by atoms with E-state index in [9.17, 15) is 9.59 Å². The van der Waals surface area contributed by atoms with Crippen molar-refractivity contribution in [3.8, 4) is 0 Å². The van der Waals surface area contributed by atoms with Gasteiger partial charge in [-0.3, -0.25) is 20.4 Å². The highest BCUT2D eigenvalue weighted by atomic mass is 32.2. The summed E-state index contributed by atoms with van der Waals surface area (Å²) in [6.07, 6.45) is 6.68. The third kappa shape index (κ3) is 5.30. The third-order valence-electron chi connectivity index (χ3n) is 4.98. The number of carbonyl (C=O) groups is 2. The van der Waals surface area contributed by atoms with Gasteiger partial charge in [0, 0.05) is 17.3 Å². The Hall–Kier alpha value is -2.17. The summed E-state index contributed by atoms with van der Waals surface area (Å²) in [4.78, 5) is 26.0. The van der Waals surface area contributed by atoms with Crippen LogP contribution in [0.1, 0.15) is 58.5 Å². The quantitative estimate of drug-likeness (QED) is 0.409. The van der Waals surface area contributed by atoms with E-state index in [1.165, 1.54) is 47.2 Å². The number of amides is 2. The van der Waals surface area contributed by atoms with Crippen LogP contribution in [0.15, 0.2) is 40.2 Å². The van der Waals surface area contributed by atoms with Crippen LogP contribution >= 0.6 is 34.4 Å². The zero-order valence-corrected chi connectivity index (χ0v) is 18.8. The number of thioether (sulfide) groups is 1. The van der Waals surface area contributed by atoms with Crippen molar-refractivity contribution in [2.24, 2.45) is 0 Å². The van der Waals surface area contributed by atoms with Crippen LogP contribution in [0.25, 0.3) is 0 Å². The standard InChI is InChI=1S/C20H23N5O2S3/c26-18(22-23-19(27)16-9-5-11-29-16)13-30-20-24-21-17(12-15-8-4-10-28-15)25(20)14-6-2-1-3-7-14/h4-5,8-11,14H,1-3,6-7,12-13H2,(H,22,26)(H,23,27). The molecule has 1 fully saturated rings. The lowest BCUT2D eigenvalue weighted by Crippen LogP contribution is -2.42. The Morgan fingerprint density at radius 1 is 1.07 bits per heavy atom. The molecule has 158 valence electrons. The first-order valence-electron chi connectivity index (χ1n) is 9.92. The highest BCUT2D eigenvalue weighted by Crippen LogP contribution is 2.33. The molecular weight excluding hydrogens is 438 g/mol. The lowest BCUT2D eigenvalue weighted by atomic mass is 9.95. The minimum atomic E-state index is -0.313. The van der Waals surface area contributed by atoms with Crippen molar-refractivity contribution in [2.45, 2.75) is 49.7 Å². The van der Waals surface area contributed by atoms with Crippen LogP contribution in [-0.2, 0) is 11.2 Å². The third-order valence-corrected chi connectivity index (χ3v) is 7.67. The molecular formula is C20H23N5O2S3. The van der Waals surface area contributed by atoms with Gasteiger partial charge in [0.1, 0.15) is 5.82 Å². The van der Waals surface area contributed by atoms with Gasteiger partial charge in [-0.2, -0.15) is 0 Å². The first-order chi connectivity index (χ1) is 14.7. The van der Waals surface area contributed by atoms with Gasteiger partial charge in [-0.15, -0.1) is 32.9 Å². The minimum Gasteiger partial charge on any atom is -0.303 e. The Morgan fingerprint density at radius 3 is 2.60 bits per heavy atom. The summed E-state index contributed by atoms with van der Waals surface area (Å²) in [5.41, 5.74) is 4.93. The molecule has 3 aromatic heterocycles. The molecule has 3 aromatic rings. The molecule has 0 aliphatic heterocycles. The van der Waals surface area contributed by atoms with Crippen molar-refractivity contribution in [3.63, 3.8) is 0 Å². The molecule has 0 spiro atoms. The van der Waals surface area contributed by atoms with Crippen molar-refractivity contribution < 1.29 is 9.59 Å². The van der Waals surface area contributed by atoms with E-state index in [1.54, 1.807) is 23.5 Å². The van der Waals surface area contributed by atoms with E-state index in [0.29, 0.717) is 10.9 Å². The van der Waals surface area contributed by atoms with Crippen LogP contribution in [0, 0.1) is 0 Å².